The number of likely N-dealkylation sites (tertiary alicyclic amines) is 1. The number of ether oxygens (including phenoxy) is 1. The van der Waals surface area contributed by atoms with Crippen LogP contribution in [-0.2, 0) is 24.1 Å². The fourth-order valence-electron chi connectivity index (χ4n) is 4.90. The predicted octanol–water partition coefficient (Wildman–Crippen LogP) is 3.48. The molecule has 0 radical (unpaired) electrons. The van der Waals surface area contributed by atoms with E-state index in [-0.39, 0.29) is 23.8 Å². The molecule has 2 aromatic rings. The number of benzene rings is 1. The third-order valence-corrected chi connectivity index (χ3v) is 6.39. The molecule has 1 saturated heterocycles. The molecule has 10 heteroatoms. The smallest absolute Gasteiger partial charge is 0.410 e. The lowest BCUT2D eigenvalue weighted by atomic mass is 9.81. The van der Waals surface area contributed by atoms with Gasteiger partial charge in [0.15, 0.2) is 0 Å². The highest BCUT2D eigenvalue weighted by Crippen LogP contribution is 2.37. The monoisotopic (exact) mass is 475 g/mol. The number of fused-ring (bicyclic) bond motifs is 1. The zero-order valence-corrected chi connectivity index (χ0v) is 19.7. The van der Waals surface area contributed by atoms with Gasteiger partial charge in [-0.3, -0.25) is 9.69 Å². The molecule has 1 aliphatic heterocycles. The molecule has 0 bridgehead atoms. The van der Waals surface area contributed by atoms with E-state index in [0.717, 1.165) is 17.7 Å². The number of carbonyl (C=O) groups is 2. The van der Waals surface area contributed by atoms with E-state index in [1.165, 1.54) is 15.8 Å². The maximum absolute atomic E-state index is 14.3. The van der Waals surface area contributed by atoms with Gasteiger partial charge in [-0.15, -0.1) is 0 Å². The SMILES string of the molecule is CC(C)(C)OC(=O)N1CC(F)(F)C[C@H]1Cn1nc(C2CCc3ccccc3C2)c(C(N)=O)c1N. The number of hydrogen-bond donors (Lipinski definition) is 2. The topological polar surface area (TPSA) is 116 Å². The zero-order chi connectivity index (χ0) is 24.8. The normalized spacial score (nSPS) is 21.9. The Balaban J connectivity index is 1.62. The highest BCUT2D eigenvalue weighted by atomic mass is 19.3. The van der Waals surface area contributed by atoms with Gasteiger partial charge in [-0.25, -0.2) is 18.3 Å². The molecule has 4 N–H and O–H groups in total. The number of nitrogen functional groups attached to an aromatic ring is 1. The number of hydrogen-bond acceptors (Lipinski definition) is 5. The number of primary amides is 1. The molecule has 1 aliphatic carbocycles. The molecule has 0 saturated carbocycles. The molecular formula is C24H31F2N5O3. The summed E-state index contributed by atoms with van der Waals surface area (Å²) in [4.78, 5) is 25.9. The Labute approximate surface area is 197 Å². The second kappa shape index (κ2) is 8.56. The van der Waals surface area contributed by atoms with Crippen LogP contribution in [0, 0.1) is 0 Å². The van der Waals surface area contributed by atoms with E-state index >= 15 is 0 Å². The molecule has 184 valence electrons. The highest BCUT2D eigenvalue weighted by molar-refractivity contribution is 5.98. The summed E-state index contributed by atoms with van der Waals surface area (Å²) in [6.45, 7) is 4.18. The lowest BCUT2D eigenvalue weighted by molar-refractivity contribution is -0.00253. The largest absolute Gasteiger partial charge is 0.444 e. The molecule has 2 atom stereocenters. The average molecular weight is 476 g/mol. The number of carbonyl (C=O) groups excluding carboxylic acids is 2. The fraction of sp³-hybridized carbons (Fsp3) is 0.542. The molecule has 1 aromatic heterocycles. The number of aryl methyl sites for hydroxylation is 1. The number of rotatable bonds is 4. The van der Waals surface area contributed by atoms with Crippen molar-refractivity contribution in [2.24, 2.45) is 5.73 Å². The molecule has 2 heterocycles. The molecule has 4 rings (SSSR count). The Kier molecular flexibility index (Phi) is 6.03. The first-order chi connectivity index (χ1) is 15.8. The summed E-state index contributed by atoms with van der Waals surface area (Å²) < 4.78 is 35.3. The Morgan fingerprint density at radius 1 is 1.24 bits per heavy atom. The summed E-state index contributed by atoms with van der Waals surface area (Å²) in [5.41, 5.74) is 14.1. The standard InChI is InChI=1S/C24H31F2N5O3/c1-23(2,3)34-22(33)30-13-24(25,26)11-17(30)12-31-20(27)18(21(28)32)19(29-31)16-9-8-14-6-4-5-7-15(14)10-16/h4-7,16-17H,8-13,27H2,1-3H3,(H2,28,32)/t16?,17-/m0/s1. The van der Waals surface area contributed by atoms with E-state index in [4.69, 9.17) is 16.2 Å². The van der Waals surface area contributed by atoms with Crippen molar-refractivity contribution >= 4 is 17.8 Å². The second-order valence-corrected chi connectivity index (χ2v) is 10.2. The van der Waals surface area contributed by atoms with E-state index in [0.29, 0.717) is 12.1 Å². The number of nitrogens with two attached hydrogens (primary N) is 2. The second-order valence-electron chi connectivity index (χ2n) is 10.2. The molecule has 1 unspecified atom stereocenters. The first kappa shape index (κ1) is 24.0. The quantitative estimate of drug-likeness (QED) is 0.702. The van der Waals surface area contributed by atoms with Gasteiger partial charge in [0.25, 0.3) is 11.8 Å². The van der Waals surface area contributed by atoms with Crippen LogP contribution in [0.2, 0.25) is 0 Å². The van der Waals surface area contributed by atoms with Crippen LogP contribution >= 0.6 is 0 Å². The molecule has 8 nitrogen and oxygen atoms in total. The Morgan fingerprint density at radius 3 is 2.56 bits per heavy atom. The minimum absolute atomic E-state index is 0.0284. The number of nitrogens with zero attached hydrogens (tertiary/aromatic N) is 3. The molecule has 0 spiro atoms. The fourth-order valence-corrected chi connectivity index (χ4v) is 4.90. The summed E-state index contributed by atoms with van der Waals surface area (Å²) in [5, 5.41) is 4.57. The van der Waals surface area contributed by atoms with Crippen LogP contribution in [0.5, 0.6) is 0 Å². The van der Waals surface area contributed by atoms with Crippen LogP contribution in [0.15, 0.2) is 24.3 Å². The third kappa shape index (κ3) is 4.85. The summed E-state index contributed by atoms with van der Waals surface area (Å²) in [6.07, 6.45) is 0.897. The van der Waals surface area contributed by atoms with Crippen molar-refractivity contribution in [3.8, 4) is 0 Å². The first-order valence-electron chi connectivity index (χ1n) is 11.4. The number of aromatic nitrogens is 2. The van der Waals surface area contributed by atoms with E-state index in [2.05, 4.69) is 11.2 Å². The minimum atomic E-state index is -3.06. The Hall–Kier alpha value is -3.17. The summed E-state index contributed by atoms with van der Waals surface area (Å²) in [6, 6.07) is 7.19. The first-order valence-corrected chi connectivity index (χ1v) is 11.4. The van der Waals surface area contributed by atoms with E-state index in [9.17, 15) is 18.4 Å². The highest BCUT2D eigenvalue weighted by Gasteiger charge is 2.48. The van der Waals surface area contributed by atoms with E-state index in [1.807, 2.05) is 18.2 Å². The molecule has 1 aromatic carbocycles. The van der Waals surface area contributed by atoms with Crippen LogP contribution in [0.3, 0.4) is 0 Å². The Bertz CT molecular complexity index is 1110. The lowest BCUT2D eigenvalue weighted by Gasteiger charge is -2.28. The van der Waals surface area contributed by atoms with Crippen LogP contribution in [0.1, 0.15) is 66.7 Å². The van der Waals surface area contributed by atoms with Crippen molar-refractivity contribution in [2.75, 3.05) is 12.3 Å². The van der Waals surface area contributed by atoms with Crippen molar-refractivity contribution in [1.29, 1.82) is 0 Å². The summed E-state index contributed by atoms with van der Waals surface area (Å²) in [5.74, 6) is -3.82. The van der Waals surface area contributed by atoms with Gasteiger partial charge in [0.1, 0.15) is 17.0 Å². The van der Waals surface area contributed by atoms with E-state index < -0.39 is 42.5 Å². The Morgan fingerprint density at radius 2 is 1.91 bits per heavy atom. The maximum atomic E-state index is 14.3. The van der Waals surface area contributed by atoms with Crippen LogP contribution in [0.4, 0.5) is 19.4 Å². The van der Waals surface area contributed by atoms with Crippen LogP contribution in [0.25, 0.3) is 0 Å². The van der Waals surface area contributed by atoms with Crippen molar-refractivity contribution in [2.45, 2.75) is 76.5 Å². The summed E-state index contributed by atoms with van der Waals surface area (Å²) in [7, 11) is 0. The predicted molar refractivity (Wildman–Crippen MR) is 123 cm³/mol. The van der Waals surface area contributed by atoms with Crippen molar-refractivity contribution < 1.29 is 23.1 Å². The van der Waals surface area contributed by atoms with Crippen LogP contribution < -0.4 is 11.5 Å². The summed E-state index contributed by atoms with van der Waals surface area (Å²) >= 11 is 0. The van der Waals surface area contributed by atoms with Gasteiger partial charge in [0, 0.05) is 12.3 Å². The molecule has 1 fully saturated rings. The number of halogens is 2. The van der Waals surface area contributed by atoms with Gasteiger partial charge in [-0.1, -0.05) is 24.3 Å². The number of anilines is 1. The van der Waals surface area contributed by atoms with Gasteiger partial charge in [0.05, 0.1) is 24.8 Å². The number of amides is 2. The van der Waals surface area contributed by atoms with Gasteiger partial charge in [-0.2, -0.15) is 5.10 Å². The molecule has 34 heavy (non-hydrogen) atoms. The van der Waals surface area contributed by atoms with Gasteiger partial charge in [-0.05, 0) is 51.2 Å². The molecular weight excluding hydrogens is 444 g/mol. The van der Waals surface area contributed by atoms with Gasteiger partial charge in [0.2, 0.25) is 0 Å². The van der Waals surface area contributed by atoms with Gasteiger partial charge >= 0.3 is 6.09 Å². The van der Waals surface area contributed by atoms with Crippen molar-refractivity contribution in [3.05, 3.63) is 46.6 Å². The third-order valence-electron chi connectivity index (χ3n) is 6.39. The maximum Gasteiger partial charge on any atom is 0.410 e. The minimum Gasteiger partial charge on any atom is -0.444 e. The van der Waals surface area contributed by atoms with Crippen molar-refractivity contribution in [1.82, 2.24) is 14.7 Å². The van der Waals surface area contributed by atoms with E-state index in [1.54, 1.807) is 20.8 Å². The number of alkyl halides is 2. The lowest BCUT2D eigenvalue weighted by Crippen LogP contribution is -2.42. The molecule has 2 aliphatic rings. The van der Waals surface area contributed by atoms with Crippen molar-refractivity contribution in [3.63, 3.8) is 0 Å². The molecule has 2 amide bonds. The zero-order valence-electron chi connectivity index (χ0n) is 19.7. The average Bonchev–Trinajstić information content (AvgIpc) is 3.22. The van der Waals surface area contributed by atoms with Crippen LogP contribution in [-0.4, -0.2) is 50.8 Å². The van der Waals surface area contributed by atoms with Gasteiger partial charge < -0.3 is 16.2 Å².